The predicted molar refractivity (Wildman–Crippen MR) is 158 cm³/mol. The minimum absolute atomic E-state index is 0.118. The Morgan fingerprint density at radius 2 is 1.39 bits per heavy atom. The van der Waals surface area contributed by atoms with Crippen LogP contribution in [0.25, 0.3) is 0 Å². The highest BCUT2D eigenvalue weighted by molar-refractivity contribution is 7.91. The summed E-state index contributed by atoms with van der Waals surface area (Å²) in [6.07, 6.45) is -0.320. The molecule has 234 valence electrons. The molecule has 4 aromatic carbocycles. The second kappa shape index (κ2) is 14.0. The van der Waals surface area contributed by atoms with Gasteiger partial charge >= 0.3 is 15.6 Å². The van der Waals surface area contributed by atoms with E-state index in [0.29, 0.717) is 29.3 Å². The van der Waals surface area contributed by atoms with Crippen LogP contribution in [0.15, 0.2) is 113 Å². The summed E-state index contributed by atoms with van der Waals surface area (Å²) in [7, 11) is -9.97. The minimum Gasteiger partial charge on any atom is -0.492 e. The molecule has 0 aromatic heterocycles. The van der Waals surface area contributed by atoms with Crippen LogP contribution in [-0.4, -0.2) is 46.6 Å². The van der Waals surface area contributed by atoms with E-state index in [4.69, 9.17) is 16.3 Å². The fourth-order valence-corrected chi connectivity index (χ4v) is 6.12. The topological polar surface area (TPSA) is 119 Å². The Labute approximate surface area is 258 Å². The van der Waals surface area contributed by atoms with E-state index in [2.05, 4.69) is 9.50 Å². The average Bonchev–Trinajstić information content (AvgIpc) is 2.98. The van der Waals surface area contributed by atoms with Crippen molar-refractivity contribution in [2.24, 2.45) is 0 Å². The highest BCUT2D eigenvalue weighted by atomic mass is 35.5. The number of hydrogen-bond donors (Lipinski definition) is 2. The lowest BCUT2D eigenvalue weighted by Crippen LogP contribution is -2.39. The zero-order valence-corrected chi connectivity index (χ0v) is 25.2. The third-order valence-corrected chi connectivity index (χ3v) is 9.40. The van der Waals surface area contributed by atoms with E-state index in [1.807, 2.05) is 30.3 Å². The summed E-state index contributed by atoms with van der Waals surface area (Å²) in [6, 6.07) is 25.3. The maximum atomic E-state index is 13.0. The number of rotatable bonds is 13. The van der Waals surface area contributed by atoms with Gasteiger partial charge in [-0.15, -0.1) is 0 Å². The monoisotopic (exact) mass is 669 g/mol. The Morgan fingerprint density at radius 1 is 0.795 bits per heavy atom. The normalized spacial score (nSPS) is 13.7. The van der Waals surface area contributed by atoms with Crippen LogP contribution in [0.2, 0.25) is 5.02 Å². The number of halogens is 4. The molecule has 2 N–H and O–H groups in total. The molecule has 0 aliphatic heterocycles. The first kappa shape index (κ1) is 33.3. The molecular formula is C30H27ClF3NO7S2. The number of aliphatic hydroxyl groups excluding tert-OH is 1. The third-order valence-electron chi connectivity index (χ3n) is 6.40. The zero-order valence-electron chi connectivity index (χ0n) is 22.8. The van der Waals surface area contributed by atoms with Crippen molar-refractivity contribution in [3.8, 4) is 11.5 Å². The van der Waals surface area contributed by atoms with Gasteiger partial charge < -0.3 is 19.3 Å². The van der Waals surface area contributed by atoms with Crippen molar-refractivity contribution in [2.75, 3.05) is 13.2 Å². The maximum absolute atomic E-state index is 13.0. The summed E-state index contributed by atoms with van der Waals surface area (Å²) >= 11 is 6.11. The van der Waals surface area contributed by atoms with Crippen LogP contribution in [0, 0.1) is 0 Å². The number of ether oxygens (including phenoxy) is 1. The van der Waals surface area contributed by atoms with Crippen molar-refractivity contribution in [3.63, 3.8) is 0 Å². The Morgan fingerprint density at radius 3 is 1.95 bits per heavy atom. The molecule has 8 nitrogen and oxygen atoms in total. The largest absolute Gasteiger partial charge is 0.534 e. The summed E-state index contributed by atoms with van der Waals surface area (Å²) < 4.78 is 95.6. The van der Waals surface area contributed by atoms with Crippen LogP contribution in [-0.2, 0) is 26.4 Å². The molecule has 4 rings (SSSR count). The molecule has 0 saturated heterocycles. The summed E-state index contributed by atoms with van der Waals surface area (Å²) in [4.78, 5) is -0.401. The fraction of sp³-hybridized carbons (Fsp3) is 0.200. The number of aliphatic hydroxyl groups is 1. The predicted octanol–water partition coefficient (Wildman–Crippen LogP) is 5.71. The number of sulfone groups is 1. The second-order valence-corrected chi connectivity index (χ2v) is 13.5. The number of alkyl halides is 3. The smallest absolute Gasteiger partial charge is 0.492 e. The molecule has 0 amide bonds. The molecule has 44 heavy (non-hydrogen) atoms. The Kier molecular flexibility index (Phi) is 10.6. The van der Waals surface area contributed by atoms with Gasteiger partial charge in [0.15, 0.2) is 0 Å². The van der Waals surface area contributed by atoms with Crippen LogP contribution < -0.4 is 14.2 Å². The lowest BCUT2D eigenvalue weighted by Gasteiger charge is -2.25. The van der Waals surface area contributed by atoms with Crippen molar-refractivity contribution in [2.45, 2.75) is 33.9 Å². The van der Waals surface area contributed by atoms with Gasteiger partial charge in [0.2, 0.25) is 9.84 Å². The molecule has 0 aliphatic carbocycles. The van der Waals surface area contributed by atoms with E-state index in [1.54, 1.807) is 24.3 Å². The van der Waals surface area contributed by atoms with E-state index in [-0.39, 0.29) is 22.4 Å². The number of hydrogen-bond acceptors (Lipinski definition) is 8. The SMILES string of the molecule is O=S(=O)(c1ccc(OCCNC(Cc2ccccc2)[C@H](O)c2cccc(Cl)c2)cc1)c1ccc(OS(=O)(=O)C(F)(F)F)cc1. The van der Waals surface area contributed by atoms with Gasteiger partial charge in [-0.1, -0.05) is 54.1 Å². The van der Waals surface area contributed by atoms with Gasteiger partial charge in [0.1, 0.15) is 18.1 Å². The zero-order chi connectivity index (χ0) is 32.0. The average molecular weight is 670 g/mol. The Bertz CT molecular complexity index is 1750. The van der Waals surface area contributed by atoms with Crippen LogP contribution in [0.4, 0.5) is 13.2 Å². The van der Waals surface area contributed by atoms with Crippen LogP contribution in [0.5, 0.6) is 11.5 Å². The van der Waals surface area contributed by atoms with Gasteiger partial charge in [0.05, 0.1) is 15.9 Å². The first-order chi connectivity index (χ1) is 20.8. The molecule has 2 atom stereocenters. The van der Waals surface area contributed by atoms with Gasteiger partial charge in [-0.2, -0.15) is 21.6 Å². The Balaban J connectivity index is 1.36. The van der Waals surface area contributed by atoms with E-state index < -0.39 is 37.3 Å². The molecule has 0 bridgehead atoms. The molecule has 0 heterocycles. The van der Waals surface area contributed by atoms with Gasteiger partial charge in [-0.3, -0.25) is 0 Å². The van der Waals surface area contributed by atoms with Crippen molar-refractivity contribution in [1.29, 1.82) is 0 Å². The fourth-order valence-electron chi connectivity index (χ4n) is 4.20. The van der Waals surface area contributed by atoms with Crippen molar-refractivity contribution in [3.05, 3.63) is 119 Å². The van der Waals surface area contributed by atoms with Gasteiger partial charge in [-0.25, -0.2) is 8.42 Å². The molecule has 0 radical (unpaired) electrons. The first-order valence-electron chi connectivity index (χ1n) is 13.1. The van der Waals surface area contributed by atoms with Crippen molar-refractivity contribution in [1.82, 2.24) is 5.32 Å². The first-order valence-corrected chi connectivity index (χ1v) is 16.3. The summed E-state index contributed by atoms with van der Waals surface area (Å²) in [5.41, 5.74) is -3.94. The summed E-state index contributed by atoms with van der Waals surface area (Å²) in [5, 5.41) is 14.9. The molecule has 0 aliphatic rings. The van der Waals surface area contributed by atoms with Crippen molar-refractivity contribution >= 4 is 31.6 Å². The molecule has 14 heteroatoms. The van der Waals surface area contributed by atoms with Gasteiger partial charge in [0, 0.05) is 17.6 Å². The highest BCUT2D eigenvalue weighted by Gasteiger charge is 2.48. The van der Waals surface area contributed by atoms with Crippen molar-refractivity contribution < 1.29 is 44.0 Å². The number of benzene rings is 4. The standard InChI is InChI=1S/C30H27ClF3NO7S2/c31-23-8-4-7-22(20-23)29(36)28(19-21-5-2-1-3-6-21)35-17-18-41-24-9-13-26(14-10-24)43(37,38)27-15-11-25(12-16-27)42-44(39,40)30(32,33)34/h1-16,20,28-29,35-36H,17-19H2/t28?,29-/m1/s1. The van der Waals surface area contributed by atoms with E-state index in [1.165, 1.54) is 24.3 Å². The number of nitrogens with one attached hydrogen (secondary N) is 1. The Hall–Kier alpha value is -3.62. The molecule has 0 fully saturated rings. The lowest BCUT2D eigenvalue weighted by molar-refractivity contribution is -0.0500. The molecule has 1 unspecified atom stereocenters. The molecule has 4 aromatic rings. The highest BCUT2D eigenvalue weighted by Crippen LogP contribution is 2.29. The van der Waals surface area contributed by atoms with Crippen LogP contribution >= 0.6 is 11.6 Å². The quantitative estimate of drug-likeness (QED) is 0.106. The van der Waals surface area contributed by atoms with Gasteiger partial charge in [-0.05, 0) is 78.2 Å². The van der Waals surface area contributed by atoms with Crippen LogP contribution in [0.3, 0.4) is 0 Å². The summed E-state index contributed by atoms with van der Waals surface area (Å²) in [5.74, 6) is -0.313. The van der Waals surface area contributed by atoms with E-state index in [0.717, 1.165) is 29.8 Å². The summed E-state index contributed by atoms with van der Waals surface area (Å²) in [6.45, 7) is 0.551. The molecule has 0 saturated carbocycles. The molecular weight excluding hydrogens is 643 g/mol. The van der Waals surface area contributed by atoms with E-state index >= 15 is 0 Å². The molecule has 0 spiro atoms. The third kappa shape index (κ3) is 8.51. The second-order valence-electron chi connectivity index (χ2n) is 9.53. The van der Waals surface area contributed by atoms with Crippen LogP contribution in [0.1, 0.15) is 17.2 Å². The lowest BCUT2D eigenvalue weighted by atomic mass is 9.96. The minimum atomic E-state index is -5.89. The van der Waals surface area contributed by atoms with E-state index in [9.17, 15) is 35.1 Å². The van der Waals surface area contributed by atoms with Gasteiger partial charge in [0.25, 0.3) is 0 Å². The maximum Gasteiger partial charge on any atom is 0.534 e.